The largest absolute Gasteiger partial charge is 0.489 e. The van der Waals surface area contributed by atoms with E-state index in [4.69, 9.17) is 13.9 Å². The second-order valence-corrected chi connectivity index (χ2v) is 17.5. The summed E-state index contributed by atoms with van der Waals surface area (Å²) in [6.07, 6.45) is 0.627. The number of ether oxygens (including phenoxy) is 2. The molecule has 0 spiro atoms. The van der Waals surface area contributed by atoms with Crippen LogP contribution in [0.15, 0.2) is 72.8 Å². The lowest BCUT2D eigenvalue weighted by atomic mass is 10.0. The van der Waals surface area contributed by atoms with Crippen LogP contribution in [0.5, 0.6) is 5.75 Å². The fourth-order valence-electron chi connectivity index (χ4n) is 4.82. The highest BCUT2D eigenvalue weighted by atomic mass is 28.4. The standard InChI is InChI=1S/C35H46N2O5Si/c1-24(17-26-13-15-30-28(18-26)20-31(37-30)34(39)40-5)36-21-33(42-43(6,7)35(2,3)4)27-14-16-32(29(19-27)22-38)41-23-25-11-9-8-10-12-25/h8-16,18-20,24,33,36-38H,17,21-23H2,1-7H3/t24-,33-/m1/s1. The van der Waals surface area contributed by atoms with Gasteiger partial charge in [-0.3, -0.25) is 0 Å². The maximum absolute atomic E-state index is 11.9. The summed E-state index contributed by atoms with van der Waals surface area (Å²) in [7, 11) is -0.731. The summed E-state index contributed by atoms with van der Waals surface area (Å²) < 4.78 is 17.9. The Morgan fingerprint density at radius 1 is 1.00 bits per heavy atom. The molecule has 0 aliphatic carbocycles. The molecule has 0 amide bonds. The molecule has 0 saturated carbocycles. The SMILES string of the molecule is COC(=O)c1cc2cc(C[C@@H](C)NC[C@@H](O[Si](C)(C)C(C)(C)C)c3ccc(OCc4ccccc4)c(CO)c3)ccc2[nH]1. The Balaban J connectivity index is 1.49. The van der Waals surface area contributed by atoms with Crippen LogP contribution in [-0.2, 0) is 28.8 Å². The number of carbonyl (C=O) groups excluding carboxylic acids is 1. The van der Waals surface area contributed by atoms with Gasteiger partial charge in [-0.15, -0.1) is 0 Å². The summed E-state index contributed by atoms with van der Waals surface area (Å²) in [4.78, 5) is 15.0. The molecule has 3 N–H and O–H groups in total. The number of aromatic nitrogens is 1. The molecule has 0 aliphatic heterocycles. The van der Waals surface area contributed by atoms with Crippen LogP contribution in [-0.4, -0.2) is 44.1 Å². The Morgan fingerprint density at radius 2 is 1.74 bits per heavy atom. The smallest absolute Gasteiger partial charge is 0.354 e. The van der Waals surface area contributed by atoms with E-state index in [1.807, 2.05) is 54.6 Å². The number of H-pyrrole nitrogens is 1. The average molecular weight is 603 g/mol. The Morgan fingerprint density at radius 3 is 2.42 bits per heavy atom. The molecule has 0 aliphatic rings. The quantitative estimate of drug-likeness (QED) is 0.110. The molecule has 4 rings (SSSR count). The van der Waals surface area contributed by atoms with Crippen LogP contribution in [0.25, 0.3) is 10.9 Å². The third kappa shape index (κ3) is 8.35. The maximum Gasteiger partial charge on any atom is 0.354 e. The lowest BCUT2D eigenvalue weighted by Crippen LogP contribution is -2.44. The topological polar surface area (TPSA) is 92.8 Å². The first-order chi connectivity index (χ1) is 20.4. The Labute approximate surface area is 256 Å². The van der Waals surface area contributed by atoms with Gasteiger partial charge in [-0.25, -0.2) is 4.79 Å². The molecule has 0 radical (unpaired) electrons. The van der Waals surface area contributed by atoms with Crippen molar-refractivity contribution in [3.05, 3.63) is 101 Å². The van der Waals surface area contributed by atoms with E-state index in [1.165, 1.54) is 12.7 Å². The van der Waals surface area contributed by atoms with E-state index in [-0.39, 0.29) is 29.8 Å². The van der Waals surface area contributed by atoms with Crippen molar-refractivity contribution in [2.24, 2.45) is 0 Å². The normalized spacial score (nSPS) is 13.6. The zero-order chi connectivity index (χ0) is 31.2. The van der Waals surface area contributed by atoms with Gasteiger partial charge in [0, 0.05) is 29.1 Å². The average Bonchev–Trinajstić information content (AvgIpc) is 3.41. The first-order valence-corrected chi connectivity index (χ1v) is 17.8. The molecular formula is C35H46N2O5Si. The minimum Gasteiger partial charge on any atom is -0.489 e. The maximum atomic E-state index is 11.9. The van der Waals surface area contributed by atoms with E-state index in [9.17, 15) is 9.90 Å². The van der Waals surface area contributed by atoms with Gasteiger partial charge in [0.05, 0.1) is 19.8 Å². The molecule has 0 bridgehead atoms. The highest BCUT2D eigenvalue weighted by molar-refractivity contribution is 6.74. The lowest BCUT2D eigenvalue weighted by molar-refractivity contribution is 0.0595. The van der Waals surface area contributed by atoms with Crippen molar-refractivity contribution in [3.63, 3.8) is 0 Å². The number of aliphatic hydroxyl groups excluding tert-OH is 1. The molecular weight excluding hydrogens is 556 g/mol. The van der Waals surface area contributed by atoms with Crippen molar-refractivity contribution < 1.29 is 23.8 Å². The first kappa shape index (κ1) is 32.5. The van der Waals surface area contributed by atoms with Gasteiger partial charge in [-0.05, 0) is 78.5 Å². The van der Waals surface area contributed by atoms with Crippen LogP contribution < -0.4 is 10.1 Å². The van der Waals surface area contributed by atoms with E-state index in [0.717, 1.165) is 34.0 Å². The van der Waals surface area contributed by atoms with Gasteiger partial charge in [0.15, 0.2) is 8.32 Å². The van der Waals surface area contributed by atoms with Gasteiger partial charge in [0.1, 0.15) is 18.1 Å². The third-order valence-electron chi connectivity index (χ3n) is 8.39. The lowest BCUT2D eigenvalue weighted by Gasteiger charge is -2.40. The molecule has 7 nitrogen and oxygen atoms in total. The van der Waals surface area contributed by atoms with Crippen molar-refractivity contribution in [3.8, 4) is 5.75 Å². The highest BCUT2D eigenvalue weighted by Gasteiger charge is 2.39. The summed E-state index contributed by atoms with van der Waals surface area (Å²) in [5.41, 5.74) is 5.37. The predicted molar refractivity (Wildman–Crippen MR) is 175 cm³/mol. The van der Waals surface area contributed by atoms with Crippen molar-refractivity contribution in [1.82, 2.24) is 10.3 Å². The van der Waals surface area contributed by atoms with Gasteiger partial charge < -0.3 is 29.3 Å². The summed E-state index contributed by atoms with van der Waals surface area (Å²) in [6.45, 7) is 14.4. The van der Waals surface area contributed by atoms with Crippen LogP contribution in [0.3, 0.4) is 0 Å². The Hall–Kier alpha value is -3.43. The molecule has 1 aromatic heterocycles. The minimum absolute atomic E-state index is 0.0461. The van der Waals surface area contributed by atoms with Gasteiger partial charge in [0.25, 0.3) is 0 Å². The Bertz CT molecular complexity index is 1510. The molecule has 8 heteroatoms. The molecule has 230 valence electrons. The summed E-state index contributed by atoms with van der Waals surface area (Å²) in [5, 5.41) is 15.0. The second-order valence-electron chi connectivity index (χ2n) is 12.8. The molecule has 3 aromatic carbocycles. The van der Waals surface area contributed by atoms with Crippen molar-refractivity contribution in [2.75, 3.05) is 13.7 Å². The number of hydrogen-bond acceptors (Lipinski definition) is 6. The molecule has 1 heterocycles. The number of methoxy groups -OCH3 is 1. The number of esters is 1. The third-order valence-corrected chi connectivity index (χ3v) is 12.9. The Kier molecular flexibility index (Phi) is 10.5. The van der Waals surface area contributed by atoms with Gasteiger partial charge >= 0.3 is 5.97 Å². The van der Waals surface area contributed by atoms with Crippen LogP contribution in [0, 0.1) is 0 Å². The van der Waals surface area contributed by atoms with E-state index in [1.54, 1.807) is 0 Å². The number of rotatable bonds is 13. The van der Waals surface area contributed by atoms with Crippen molar-refractivity contribution in [2.45, 2.75) is 77.6 Å². The molecule has 43 heavy (non-hydrogen) atoms. The fraction of sp³-hybridized carbons (Fsp3) is 0.400. The van der Waals surface area contributed by atoms with E-state index < -0.39 is 8.32 Å². The number of nitrogens with one attached hydrogen (secondary N) is 2. The van der Waals surface area contributed by atoms with Crippen LogP contribution in [0.2, 0.25) is 18.1 Å². The fourth-order valence-corrected chi connectivity index (χ4v) is 6.11. The van der Waals surface area contributed by atoms with Gasteiger partial charge in [-0.1, -0.05) is 63.2 Å². The zero-order valence-corrected chi connectivity index (χ0v) is 27.5. The minimum atomic E-state index is -2.11. The van der Waals surface area contributed by atoms with Crippen LogP contribution in [0.4, 0.5) is 0 Å². The second kappa shape index (κ2) is 13.9. The number of aromatic amines is 1. The zero-order valence-electron chi connectivity index (χ0n) is 26.5. The molecule has 0 saturated heterocycles. The number of benzene rings is 3. The molecule has 0 fully saturated rings. The first-order valence-electron chi connectivity index (χ1n) is 14.9. The summed E-state index contributed by atoms with van der Waals surface area (Å²) >= 11 is 0. The number of fused-ring (bicyclic) bond motifs is 1. The van der Waals surface area contributed by atoms with Crippen LogP contribution in [0.1, 0.15) is 66.5 Å². The van der Waals surface area contributed by atoms with Gasteiger partial charge in [0.2, 0.25) is 0 Å². The number of hydrogen-bond donors (Lipinski definition) is 3. The van der Waals surface area contributed by atoms with Crippen LogP contribution >= 0.6 is 0 Å². The number of aliphatic hydroxyl groups is 1. The van der Waals surface area contributed by atoms with E-state index in [0.29, 0.717) is 24.6 Å². The monoisotopic (exact) mass is 602 g/mol. The molecule has 2 atom stereocenters. The molecule has 4 aromatic rings. The predicted octanol–water partition coefficient (Wildman–Crippen LogP) is 7.31. The van der Waals surface area contributed by atoms with Crippen molar-refractivity contribution >= 4 is 25.2 Å². The molecule has 0 unspecified atom stereocenters. The highest BCUT2D eigenvalue weighted by Crippen LogP contribution is 2.40. The van der Waals surface area contributed by atoms with E-state index >= 15 is 0 Å². The summed E-state index contributed by atoms with van der Waals surface area (Å²) in [6, 6.07) is 24.3. The van der Waals surface area contributed by atoms with E-state index in [2.05, 4.69) is 69.3 Å². The summed E-state index contributed by atoms with van der Waals surface area (Å²) in [5.74, 6) is 0.304. The van der Waals surface area contributed by atoms with Gasteiger partial charge in [-0.2, -0.15) is 0 Å². The van der Waals surface area contributed by atoms with Crippen molar-refractivity contribution in [1.29, 1.82) is 0 Å². The number of carbonyl (C=O) groups is 1.